The van der Waals surface area contributed by atoms with Crippen molar-refractivity contribution in [2.75, 3.05) is 4.90 Å². The Morgan fingerprint density at radius 1 is 0.271 bits per heavy atom. The van der Waals surface area contributed by atoms with Crippen LogP contribution in [0.1, 0.15) is 0 Å². The van der Waals surface area contributed by atoms with E-state index in [2.05, 4.69) is 252 Å². The minimum absolute atomic E-state index is 0.893. The molecule has 0 saturated heterocycles. The van der Waals surface area contributed by atoms with Crippen LogP contribution in [-0.2, 0) is 0 Å². The van der Waals surface area contributed by atoms with E-state index in [9.17, 15) is 0 Å². The highest BCUT2D eigenvalue weighted by Gasteiger charge is 2.21. The zero-order chi connectivity index (χ0) is 46.1. The maximum atomic E-state index is 6.80. The summed E-state index contributed by atoms with van der Waals surface area (Å²) in [6.07, 6.45) is 0. The molecule has 3 aromatic heterocycles. The van der Waals surface area contributed by atoms with Crippen LogP contribution >= 0.6 is 0 Å². The summed E-state index contributed by atoms with van der Waals surface area (Å²) in [5, 5.41) is 6.86. The first-order valence-corrected chi connectivity index (χ1v) is 23.8. The summed E-state index contributed by atoms with van der Waals surface area (Å²) >= 11 is 0. The molecule has 0 N–H and O–H groups in total. The van der Waals surface area contributed by atoms with E-state index in [4.69, 9.17) is 8.83 Å². The molecule has 0 radical (unpaired) electrons. The number of rotatable bonds is 8. The summed E-state index contributed by atoms with van der Waals surface area (Å²) in [5.41, 5.74) is 19.2. The van der Waals surface area contributed by atoms with Crippen LogP contribution in [0.5, 0.6) is 0 Å². The van der Waals surface area contributed by atoms with Crippen LogP contribution in [0.3, 0.4) is 0 Å². The van der Waals surface area contributed by atoms with Gasteiger partial charge in [-0.2, -0.15) is 0 Å². The van der Waals surface area contributed by atoms with Crippen molar-refractivity contribution in [1.29, 1.82) is 0 Å². The van der Waals surface area contributed by atoms with Crippen molar-refractivity contribution in [1.82, 2.24) is 4.57 Å². The van der Waals surface area contributed by atoms with Crippen molar-refractivity contribution in [3.05, 3.63) is 255 Å². The van der Waals surface area contributed by atoms with Gasteiger partial charge in [0.2, 0.25) is 0 Å². The summed E-state index contributed by atoms with van der Waals surface area (Å²) < 4.78 is 15.8. The Kier molecular flexibility index (Phi) is 9.17. The smallest absolute Gasteiger partial charge is 0.160 e. The van der Waals surface area contributed by atoms with Crippen molar-refractivity contribution in [3.63, 3.8) is 0 Å². The minimum Gasteiger partial charge on any atom is -0.455 e. The molecule has 0 unspecified atom stereocenters. The molecule has 0 amide bonds. The normalized spacial score (nSPS) is 11.7. The number of hydrogen-bond acceptors (Lipinski definition) is 3. The molecule has 14 aromatic rings. The van der Waals surface area contributed by atoms with Gasteiger partial charge in [-0.05, 0) is 100 Å². The summed E-state index contributed by atoms with van der Waals surface area (Å²) in [7, 11) is 0. The van der Waals surface area contributed by atoms with E-state index in [0.717, 1.165) is 111 Å². The Morgan fingerprint density at radius 2 is 0.700 bits per heavy atom. The highest BCUT2D eigenvalue weighted by Crippen LogP contribution is 2.44. The van der Waals surface area contributed by atoms with Crippen LogP contribution in [0, 0.1) is 0 Å². The van der Waals surface area contributed by atoms with Crippen LogP contribution in [0.4, 0.5) is 17.1 Å². The van der Waals surface area contributed by atoms with Gasteiger partial charge in [0.15, 0.2) is 5.58 Å². The first-order valence-electron chi connectivity index (χ1n) is 23.8. The lowest BCUT2D eigenvalue weighted by molar-refractivity contribution is 0.670. The topological polar surface area (TPSA) is 34.5 Å². The van der Waals surface area contributed by atoms with Crippen molar-refractivity contribution < 1.29 is 8.83 Å². The number of aromatic nitrogens is 1. The van der Waals surface area contributed by atoms with Crippen molar-refractivity contribution >= 4 is 82.7 Å². The van der Waals surface area contributed by atoms with Gasteiger partial charge in [-0.15, -0.1) is 0 Å². The summed E-state index contributed by atoms with van der Waals surface area (Å²) in [6, 6.07) is 90.9. The Balaban J connectivity index is 0.825. The second kappa shape index (κ2) is 16.2. The molecule has 0 fully saturated rings. The molecule has 14 rings (SSSR count). The monoisotopic (exact) mass is 894 g/mol. The zero-order valence-corrected chi connectivity index (χ0v) is 38.0. The van der Waals surface area contributed by atoms with Crippen molar-refractivity contribution in [3.8, 4) is 50.2 Å². The fourth-order valence-electron chi connectivity index (χ4n) is 10.7. The second-order valence-electron chi connectivity index (χ2n) is 18.0. The predicted octanol–water partition coefficient (Wildman–Crippen LogP) is 18.7. The summed E-state index contributed by atoms with van der Waals surface area (Å²) in [4.78, 5) is 2.33. The van der Waals surface area contributed by atoms with Crippen LogP contribution in [0.2, 0.25) is 0 Å². The van der Waals surface area contributed by atoms with Gasteiger partial charge < -0.3 is 18.3 Å². The van der Waals surface area contributed by atoms with E-state index in [-0.39, 0.29) is 0 Å². The lowest BCUT2D eigenvalue weighted by atomic mass is 10.00. The van der Waals surface area contributed by atoms with Crippen molar-refractivity contribution in [2.24, 2.45) is 0 Å². The first-order chi connectivity index (χ1) is 34.7. The number of nitrogens with zero attached hydrogens (tertiary/aromatic N) is 2. The molecule has 70 heavy (non-hydrogen) atoms. The molecular formula is C66H42N2O2. The zero-order valence-electron chi connectivity index (χ0n) is 38.0. The van der Waals surface area contributed by atoms with Crippen LogP contribution in [-0.4, -0.2) is 4.57 Å². The first kappa shape index (κ1) is 39.8. The summed E-state index contributed by atoms with van der Waals surface area (Å²) in [6.45, 7) is 0. The van der Waals surface area contributed by atoms with Crippen molar-refractivity contribution in [2.45, 2.75) is 0 Å². The Bertz CT molecular complexity index is 4240. The average molecular weight is 895 g/mol. The van der Waals surface area contributed by atoms with E-state index in [0.29, 0.717) is 0 Å². The maximum absolute atomic E-state index is 6.80. The number of fused-ring (bicyclic) bond motifs is 10. The van der Waals surface area contributed by atoms with Gasteiger partial charge in [-0.3, -0.25) is 0 Å². The molecule has 0 atom stereocenters. The van der Waals surface area contributed by atoms with Gasteiger partial charge >= 0.3 is 0 Å². The van der Waals surface area contributed by atoms with E-state index >= 15 is 0 Å². The van der Waals surface area contributed by atoms with Gasteiger partial charge in [0.05, 0.1) is 11.0 Å². The van der Waals surface area contributed by atoms with E-state index in [1.165, 1.54) is 21.9 Å². The number of furan rings is 2. The van der Waals surface area contributed by atoms with Gasteiger partial charge in [-0.1, -0.05) is 188 Å². The lowest BCUT2D eigenvalue weighted by Gasteiger charge is -2.26. The third-order valence-electron chi connectivity index (χ3n) is 14.0. The standard InChI is InChI=1S/C66H42N2O2/c1-3-13-43(14-4-1)44-25-33-49(34-26-44)67(51-39-31-48(32-40-51)54-20-12-22-59-58-21-11-19-53(64(58)70-65(54)59)47-15-5-2-6-16-47)50-35-27-45(28-36-50)46-29-37-52(38-30-46)68-61-23-9-7-17-55(61)57-41-42-60-56-18-8-10-24-62(56)69-66(60)63(57)68/h1-42H. The predicted molar refractivity (Wildman–Crippen MR) is 292 cm³/mol. The maximum Gasteiger partial charge on any atom is 0.160 e. The highest BCUT2D eigenvalue weighted by atomic mass is 16.3. The van der Waals surface area contributed by atoms with Crippen LogP contribution < -0.4 is 4.90 Å². The third kappa shape index (κ3) is 6.46. The van der Waals surface area contributed by atoms with E-state index in [1.54, 1.807) is 0 Å². The SMILES string of the molecule is c1ccc(-c2ccc(N(c3ccc(-c4ccc(-n5c6ccccc6c6ccc7c8ccccc8oc7c65)cc4)cc3)c3ccc(-c4cccc5c4oc4c(-c6ccccc6)cccc45)cc3)cc2)cc1. The number of anilines is 3. The summed E-state index contributed by atoms with van der Waals surface area (Å²) in [5.74, 6) is 0. The average Bonchev–Trinajstić information content (AvgIpc) is 4.13. The molecule has 11 aromatic carbocycles. The fraction of sp³-hybridized carbons (Fsp3) is 0. The molecule has 328 valence electrons. The number of hydrogen-bond donors (Lipinski definition) is 0. The highest BCUT2D eigenvalue weighted by molar-refractivity contribution is 6.21. The molecule has 0 aliphatic rings. The molecule has 0 aliphatic carbocycles. The van der Waals surface area contributed by atoms with Gasteiger partial charge in [-0.25, -0.2) is 0 Å². The molecule has 4 nitrogen and oxygen atoms in total. The fourth-order valence-corrected chi connectivity index (χ4v) is 10.7. The van der Waals surface area contributed by atoms with E-state index < -0.39 is 0 Å². The molecule has 4 heteroatoms. The third-order valence-corrected chi connectivity index (χ3v) is 14.0. The van der Waals surface area contributed by atoms with Crippen LogP contribution in [0.25, 0.3) is 116 Å². The molecule has 3 heterocycles. The Hall–Kier alpha value is -9.38. The minimum atomic E-state index is 0.893. The van der Waals surface area contributed by atoms with Crippen LogP contribution in [0.15, 0.2) is 264 Å². The Morgan fingerprint density at radius 3 is 1.30 bits per heavy atom. The van der Waals surface area contributed by atoms with Gasteiger partial charge in [0, 0.05) is 66.2 Å². The lowest BCUT2D eigenvalue weighted by Crippen LogP contribution is -2.09. The molecule has 0 bridgehead atoms. The molecule has 0 saturated carbocycles. The Labute approximate surface area is 404 Å². The largest absolute Gasteiger partial charge is 0.455 e. The quantitative estimate of drug-likeness (QED) is 0.152. The van der Waals surface area contributed by atoms with E-state index in [1.807, 2.05) is 12.1 Å². The van der Waals surface area contributed by atoms with Gasteiger partial charge in [0.25, 0.3) is 0 Å². The van der Waals surface area contributed by atoms with Gasteiger partial charge in [0.1, 0.15) is 16.7 Å². The number of benzene rings is 11. The molecule has 0 spiro atoms. The second-order valence-corrected chi connectivity index (χ2v) is 18.0. The number of para-hydroxylation sites is 4. The molecule has 0 aliphatic heterocycles. The molecular weight excluding hydrogens is 853 g/mol.